The first kappa shape index (κ1) is 19.6. The van der Waals surface area contributed by atoms with Crippen LogP contribution in [0.1, 0.15) is 37.0 Å². The monoisotopic (exact) mass is 342 g/mol. The second-order valence-corrected chi connectivity index (χ2v) is 6.04. The summed E-state index contributed by atoms with van der Waals surface area (Å²) in [5.74, 6) is 1.18. The molecule has 130 valence electrons. The van der Waals surface area contributed by atoms with Gasteiger partial charge in [0, 0.05) is 12.1 Å². The third-order valence-electron chi connectivity index (χ3n) is 4.21. The van der Waals surface area contributed by atoms with E-state index in [2.05, 4.69) is 17.6 Å². The number of carbonyl (C=O) groups excluding carboxylic acids is 1. The Morgan fingerprint density at radius 2 is 2.00 bits per heavy atom. The molecule has 1 heterocycles. The molecule has 0 saturated carbocycles. The lowest BCUT2D eigenvalue weighted by atomic mass is 9.81. The molecule has 0 aliphatic carbocycles. The van der Waals surface area contributed by atoms with Crippen LogP contribution in [-0.4, -0.2) is 39.3 Å². The van der Waals surface area contributed by atoms with Gasteiger partial charge in [0.15, 0.2) is 11.5 Å². The van der Waals surface area contributed by atoms with Gasteiger partial charge in [-0.2, -0.15) is 0 Å². The minimum atomic E-state index is -0.0684. The van der Waals surface area contributed by atoms with Crippen molar-refractivity contribution in [1.82, 2.24) is 10.6 Å². The normalized spacial score (nSPS) is 16.1. The van der Waals surface area contributed by atoms with Crippen LogP contribution in [0.2, 0.25) is 0 Å². The van der Waals surface area contributed by atoms with E-state index in [0.717, 1.165) is 25.9 Å². The van der Waals surface area contributed by atoms with Crippen molar-refractivity contribution in [2.24, 2.45) is 5.41 Å². The molecule has 0 radical (unpaired) electrons. The Morgan fingerprint density at radius 1 is 1.30 bits per heavy atom. The molecule has 0 bridgehead atoms. The summed E-state index contributed by atoms with van der Waals surface area (Å²) in [6.07, 6.45) is 2.17. The molecule has 0 aromatic heterocycles. The number of amides is 1. The molecule has 0 atom stereocenters. The van der Waals surface area contributed by atoms with Gasteiger partial charge in [0.1, 0.15) is 0 Å². The van der Waals surface area contributed by atoms with Crippen molar-refractivity contribution in [1.29, 1.82) is 0 Å². The zero-order valence-corrected chi connectivity index (χ0v) is 14.9. The van der Waals surface area contributed by atoms with Gasteiger partial charge in [-0.05, 0) is 56.5 Å². The van der Waals surface area contributed by atoms with Crippen LogP contribution in [0.4, 0.5) is 0 Å². The van der Waals surface area contributed by atoms with Crippen LogP contribution in [-0.2, 0) is 0 Å². The number of benzene rings is 1. The van der Waals surface area contributed by atoms with Gasteiger partial charge in [-0.1, -0.05) is 6.92 Å². The molecule has 1 saturated heterocycles. The number of rotatable bonds is 6. The second-order valence-electron chi connectivity index (χ2n) is 6.04. The Kier molecular flexibility index (Phi) is 7.65. The van der Waals surface area contributed by atoms with Gasteiger partial charge in [-0.15, -0.1) is 12.4 Å². The number of hydrogen-bond acceptors (Lipinski definition) is 4. The van der Waals surface area contributed by atoms with Gasteiger partial charge in [0.2, 0.25) is 0 Å². The summed E-state index contributed by atoms with van der Waals surface area (Å²) < 4.78 is 10.8. The molecule has 6 heteroatoms. The highest BCUT2D eigenvalue weighted by molar-refractivity contribution is 5.94. The topological polar surface area (TPSA) is 59.6 Å². The van der Waals surface area contributed by atoms with Crippen LogP contribution in [0.3, 0.4) is 0 Å². The van der Waals surface area contributed by atoms with Gasteiger partial charge < -0.3 is 20.1 Å². The number of ether oxygens (including phenoxy) is 2. The number of halogens is 1. The standard InChI is InChI=1S/C17H26N2O3.ClH/c1-4-22-14-6-5-13(11-15(14)21-3)16(20)19-12-17(2)7-9-18-10-8-17;/h5-6,11,18H,4,7-10,12H2,1-3H3,(H,19,20);1H. The zero-order valence-electron chi connectivity index (χ0n) is 14.1. The third kappa shape index (κ3) is 5.29. The molecule has 1 aromatic rings. The highest BCUT2D eigenvalue weighted by Gasteiger charge is 2.27. The van der Waals surface area contributed by atoms with Gasteiger partial charge in [-0.3, -0.25) is 4.79 Å². The molecule has 0 spiro atoms. The molecule has 2 N–H and O–H groups in total. The van der Waals surface area contributed by atoms with Crippen LogP contribution in [0.15, 0.2) is 18.2 Å². The van der Waals surface area contributed by atoms with Gasteiger partial charge in [-0.25, -0.2) is 0 Å². The van der Waals surface area contributed by atoms with Crippen LogP contribution in [0.25, 0.3) is 0 Å². The molecule has 23 heavy (non-hydrogen) atoms. The summed E-state index contributed by atoms with van der Waals surface area (Å²) in [6.45, 7) is 7.44. The average Bonchev–Trinajstić information content (AvgIpc) is 2.54. The van der Waals surface area contributed by atoms with Crippen molar-refractivity contribution in [3.63, 3.8) is 0 Å². The average molecular weight is 343 g/mol. The molecular weight excluding hydrogens is 316 g/mol. The lowest BCUT2D eigenvalue weighted by Gasteiger charge is -2.34. The predicted molar refractivity (Wildman–Crippen MR) is 94.0 cm³/mol. The molecule has 1 aliphatic rings. The largest absolute Gasteiger partial charge is 0.493 e. The van der Waals surface area contributed by atoms with E-state index in [4.69, 9.17) is 9.47 Å². The van der Waals surface area contributed by atoms with Crippen molar-refractivity contribution >= 4 is 18.3 Å². The first-order valence-electron chi connectivity index (χ1n) is 7.88. The van der Waals surface area contributed by atoms with Crippen LogP contribution in [0.5, 0.6) is 11.5 Å². The highest BCUT2D eigenvalue weighted by atomic mass is 35.5. The Bertz CT molecular complexity index is 517. The minimum absolute atomic E-state index is 0. The fraction of sp³-hybridized carbons (Fsp3) is 0.588. The van der Waals surface area contributed by atoms with Crippen LogP contribution in [0, 0.1) is 5.41 Å². The van der Waals surface area contributed by atoms with E-state index in [1.807, 2.05) is 6.92 Å². The third-order valence-corrected chi connectivity index (χ3v) is 4.21. The molecule has 5 nitrogen and oxygen atoms in total. The quantitative estimate of drug-likeness (QED) is 0.834. The van der Waals surface area contributed by atoms with E-state index in [9.17, 15) is 4.79 Å². The number of piperidine rings is 1. The van der Waals surface area contributed by atoms with Crippen molar-refractivity contribution in [2.45, 2.75) is 26.7 Å². The predicted octanol–water partition coefficient (Wildman–Crippen LogP) is 2.64. The molecular formula is C17H27ClN2O3. The summed E-state index contributed by atoms with van der Waals surface area (Å²) in [4.78, 5) is 12.3. The van der Waals surface area contributed by atoms with Crippen molar-refractivity contribution in [2.75, 3.05) is 33.4 Å². The second kappa shape index (κ2) is 8.99. The molecule has 1 aromatic carbocycles. The lowest BCUT2D eigenvalue weighted by molar-refractivity contribution is 0.0922. The van der Waals surface area contributed by atoms with Gasteiger partial charge in [0.05, 0.1) is 13.7 Å². The van der Waals surface area contributed by atoms with E-state index in [1.165, 1.54) is 0 Å². The summed E-state index contributed by atoms with van der Waals surface area (Å²) >= 11 is 0. The maximum absolute atomic E-state index is 12.3. The smallest absolute Gasteiger partial charge is 0.251 e. The maximum atomic E-state index is 12.3. The number of carbonyl (C=O) groups is 1. The van der Waals surface area contributed by atoms with Crippen molar-refractivity contribution < 1.29 is 14.3 Å². The first-order valence-corrected chi connectivity index (χ1v) is 7.88. The van der Waals surface area contributed by atoms with E-state index < -0.39 is 0 Å². The van der Waals surface area contributed by atoms with E-state index in [1.54, 1.807) is 25.3 Å². The van der Waals surface area contributed by atoms with Crippen molar-refractivity contribution in [3.8, 4) is 11.5 Å². The highest BCUT2D eigenvalue weighted by Crippen LogP contribution is 2.29. The van der Waals surface area contributed by atoms with Crippen LogP contribution < -0.4 is 20.1 Å². The summed E-state index contributed by atoms with van der Waals surface area (Å²) in [6, 6.07) is 5.28. The fourth-order valence-corrected chi connectivity index (χ4v) is 2.69. The summed E-state index contributed by atoms with van der Waals surface area (Å²) in [7, 11) is 1.58. The van der Waals surface area contributed by atoms with E-state index >= 15 is 0 Å². The van der Waals surface area contributed by atoms with E-state index in [-0.39, 0.29) is 23.7 Å². The first-order chi connectivity index (χ1) is 10.6. The summed E-state index contributed by atoms with van der Waals surface area (Å²) in [5.41, 5.74) is 0.772. The molecule has 2 rings (SSSR count). The zero-order chi connectivity index (χ0) is 16.0. The Hall–Kier alpha value is -1.46. The Morgan fingerprint density at radius 3 is 2.61 bits per heavy atom. The molecule has 1 fully saturated rings. The molecule has 1 aliphatic heterocycles. The Labute approximate surface area is 144 Å². The SMILES string of the molecule is CCOc1ccc(C(=O)NCC2(C)CCNCC2)cc1OC.Cl. The maximum Gasteiger partial charge on any atom is 0.251 e. The number of methoxy groups -OCH3 is 1. The minimum Gasteiger partial charge on any atom is -0.493 e. The number of nitrogens with one attached hydrogen (secondary N) is 2. The van der Waals surface area contributed by atoms with Crippen LogP contribution >= 0.6 is 12.4 Å². The van der Waals surface area contributed by atoms with Gasteiger partial charge in [0.25, 0.3) is 5.91 Å². The molecule has 1 amide bonds. The van der Waals surface area contributed by atoms with Crippen molar-refractivity contribution in [3.05, 3.63) is 23.8 Å². The Balaban J connectivity index is 0.00000264. The number of hydrogen-bond donors (Lipinski definition) is 2. The summed E-state index contributed by atoms with van der Waals surface area (Å²) in [5, 5.41) is 6.40. The van der Waals surface area contributed by atoms with Gasteiger partial charge >= 0.3 is 0 Å². The van der Waals surface area contributed by atoms with E-state index in [0.29, 0.717) is 30.2 Å². The lowest BCUT2D eigenvalue weighted by Crippen LogP contribution is -2.42. The fourth-order valence-electron chi connectivity index (χ4n) is 2.69. The molecule has 0 unspecified atom stereocenters.